The number of piperazine rings is 1. The van der Waals surface area contributed by atoms with Gasteiger partial charge >= 0.3 is 0 Å². The second-order valence-electron chi connectivity index (χ2n) is 12.1. The van der Waals surface area contributed by atoms with Crippen molar-refractivity contribution in [3.8, 4) is 0 Å². The van der Waals surface area contributed by atoms with Crippen molar-refractivity contribution < 1.29 is 4.79 Å². The summed E-state index contributed by atoms with van der Waals surface area (Å²) >= 11 is 0. The molecular formula is C37H58N6O. The molecule has 44 heavy (non-hydrogen) atoms. The Hall–Kier alpha value is -3.19. The standard InChI is InChI=1S/C37H58N6O/c1-7-32-21-26-40(6)35(32)20-19-31(4)17-16-18-33(37(38-5)43-29-27-42(28-30-43)36(44)9-3)34(8-2)39-22-12-10-13-23-41-24-14-11-15-25-41/h7,9,19-22,26H,3,8,10-18,23-25,27-30H2,1-2,4-6H3/b31-19-,32-7+,34-33-,35-20+,38-37?,39-22?. The molecule has 1 amide bonds. The minimum Gasteiger partial charge on any atom is -0.353 e. The van der Waals surface area contributed by atoms with Gasteiger partial charge in [0.2, 0.25) is 5.91 Å². The molecule has 2 aliphatic rings. The first-order valence-corrected chi connectivity index (χ1v) is 17.0. The van der Waals surface area contributed by atoms with E-state index in [0.717, 1.165) is 56.7 Å². The van der Waals surface area contributed by atoms with Crippen LogP contribution in [0.2, 0.25) is 0 Å². The third-order valence-electron chi connectivity index (χ3n) is 8.97. The highest BCUT2D eigenvalue weighted by atomic mass is 16.2. The zero-order valence-corrected chi connectivity index (χ0v) is 28.4. The Morgan fingerprint density at radius 2 is 1.73 bits per heavy atom. The van der Waals surface area contributed by atoms with Crippen LogP contribution in [0.3, 0.4) is 0 Å². The number of aromatic nitrogens is 1. The number of hydrogen-bond acceptors (Lipinski definition) is 4. The van der Waals surface area contributed by atoms with Crippen molar-refractivity contribution in [3.63, 3.8) is 0 Å². The Kier molecular flexibility index (Phi) is 15.4. The minimum atomic E-state index is 0.00731. The molecule has 0 saturated carbocycles. The fourth-order valence-electron chi connectivity index (χ4n) is 6.30. The van der Waals surface area contributed by atoms with Gasteiger partial charge in [0.25, 0.3) is 0 Å². The molecule has 1 aromatic rings. The van der Waals surface area contributed by atoms with Gasteiger partial charge in [-0.3, -0.25) is 14.8 Å². The van der Waals surface area contributed by atoms with Crippen LogP contribution in [0, 0.1) is 0 Å². The molecule has 2 aliphatic heterocycles. The first kappa shape index (κ1) is 35.3. The summed E-state index contributed by atoms with van der Waals surface area (Å²) in [6.07, 6.45) is 23.7. The van der Waals surface area contributed by atoms with Gasteiger partial charge in [0, 0.05) is 69.3 Å². The molecule has 0 radical (unpaired) electrons. The fraction of sp³-hybridized carbons (Fsp3) is 0.595. The number of hydrogen-bond donors (Lipinski definition) is 0. The Labute approximate surface area is 267 Å². The number of amidine groups is 1. The maximum absolute atomic E-state index is 12.2. The third kappa shape index (κ3) is 10.8. The smallest absolute Gasteiger partial charge is 0.246 e. The van der Waals surface area contributed by atoms with Gasteiger partial charge in [0.1, 0.15) is 5.84 Å². The van der Waals surface area contributed by atoms with Crippen molar-refractivity contribution >= 4 is 30.1 Å². The molecule has 0 bridgehead atoms. The van der Waals surface area contributed by atoms with Gasteiger partial charge in [0.15, 0.2) is 0 Å². The lowest BCUT2D eigenvalue weighted by atomic mass is 10.00. The number of rotatable bonds is 14. The Bertz CT molecular complexity index is 1300. The van der Waals surface area contributed by atoms with Crippen LogP contribution in [0.1, 0.15) is 85.0 Å². The summed E-state index contributed by atoms with van der Waals surface area (Å²) in [6, 6.07) is 2.16. The van der Waals surface area contributed by atoms with E-state index >= 15 is 0 Å². The van der Waals surface area contributed by atoms with E-state index in [1.54, 1.807) is 0 Å². The van der Waals surface area contributed by atoms with Crippen molar-refractivity contribution in [1.82, 2.24) is 19.3 Å². The summed E-state index contributed by atoms with van der Waals surface area (Å²) < 4.78 is 2.17. The second-order valence-corrected chi connectivity index (χ2v) is 12.1. The van der Waals surface area contributed by atoms with E-state index in [9.17, 15) is 4.79 Å². The van der Waals surface area contributed by atoms with Crippen LogP contribution in [0.15, 0.2) is 57.8 Å². The van der Waals surface area contributed by atoms with Crippen LogP contribution in [0.4, 0.5) is 0 Å². The van der Waals surface area contributed by atoms with Crippen molar-refractivity contribution in [1.29, 1.82) is 0 Å². The summed E-state index contributed by atoms with van der Waals surface area (Å²) in [5.74, 6) is 1.04. The number of carbonyl (C=O) groups excluding carboxylic acids is 1. The lowest BCUT2D eigenvalue weighted by Gasteiger charge is -2.37. The quantitative estimate of drug-likeness (QED) is 0.123. The van der Waals surface area contributed by atoms with Crippen LogP contribution in [0.25, 0.3) is 12.2 Å². The lowest BCUT2D eigenvalue weighted by molar-refractivity contribution is -0.127. The zero-order chi connectivity index (χ0) is 31.7. The second kappa shape index (κ2) is 19.3. The molecule has 7 nitrogen and oxygen atoms in total. The van der Waals surface area contributed by atoms with Crippen LogP contribution < -0.4 is 10.6 Å². The number of likely N-dealkylation sites (tertiary alicyclic amines) is 1. The minimum absolute atomic E-state index is 0.00731. The molecule has 7 heteroatoms. The number of carbonyl (C=O) groups is 1. The largest absolute Gasteiger partial charge is 0.353 e. The monoisotopic (exact) mass is 602 g/mol. The van der Waals surface area contributed by atoms with Crippen LogP contribution in [-0.4, -0.2) is 90.1 Å². The molecular weight excluding hydrogens is 544 g/mol. The average molecular weight is 603 g/mol. The van der Waals surface area contributed by atoms with Gasteiger partial charge in [-0.25, -0.2) is 0 Å². The van der Waals surface area contributed by atoms with Crippen LogP contribution in [0.5, 0.6) is 0 Å². The maximum atomic E-state index is 12.2. The first-order valence-electron chi connectivity index (χ1n) is 17.0. The lowest BCUT2D eigenvalue weighted by Crippen LogP contribution is -2.50. The van der Waals surface area contributed by atoms with Gasteiger partial charge in [0.05, 0.1) is 0 Å². The van der Waals surface area contributed by atoms with E-state index in [-0.39, 0.29) is 5.91 Å². The molecule has 0 atom stereocenters. The van der Waals surface area contributed by atoms with Crippen LogP contribution >= 0.6 is 0 Å². The van der Waals surface area contributed by atoms with E-state index in [1.165, 1.54) is 79.5 Å². The number of allylic oxidation sites excluding steroid dienone is 3. The average Bonchev–Trinajstić information content (AvgIpc) is 3.42. The van der Waals surface area contributed by atoms with Crippen LogP contribution in [-0.2, 0) is 11.8 Å². The highest BCUT2D eigenvalue weighted by molar-refractivity contribution is 5.99. The number of nitrogens with zero attached hydrogens (tertiary/aromatic N) is 6. The van der Waals surface area contributed by atoms with Crippen molar-refractivity contribution in [2.45, 2.75) is 85.0 Å². The SMILES string of the molecule is C=CC(=O)N1CCN(C(=NC)/C(CCC\C(C)=C/C=c2\c(=C\C)ccn2C)=C(/CC)N=CCCCCN2CCCCC2)CC1. The molecule has 242 valence electrons. The third-order valence-corrected chi connectivity index (χ3v) is 8.97. The molecule has 2 fully saturated rings. The van der Waals surface area contributed by atoms with E-state index in [4.69, 9.17) is 9.98 Å². The number of aryl methyl sites for hydroxylation is 1. The Morgan fingerprint density at radius 3 is 2.39 bits per heavy atom. The summed E-state index contributed by atoms with van der Waals surface area (Å²) in [5, 5.41) is 2.50. The molecule has 0 aromatic carbocycles. The normalized spacial score (nSPS) is 18.8. The summed E-state index contributed by atoms with van der Waals surface area (Å²) in [5.41, 5.74) is 3.77. The Balaban J connectivity index is 1.71. The van der Waals surface area contributed by atoms with Crippen molar-refractivity contribution in [3.05, 3.63) is 58.4 Å². The molecule has 0 aliphatic carbocycles. The van der Waals surface area contributed by atoms with Gasteiger partial charge in [-0.05, 0) is 115 Å². The topological polar surface area (TPSA) is 56.4 Å². The predicted molar refractivity (Wildman–Crippen MR) is 189 cm³/mol. The van der Waals surface area contributed by atoms with E-state index in [1.807, 2.05) is 11.9 Å². The highest BCUT2D eigenvalue weighted by Crippen LogP contribution is 2.23. The molecule has 3 heterocycles. The van der Waals surface area contributed by atoms with Gasteiger partial charge < -0.3 is 19.3 Å². The summed E-state index contributed by atoms with van der Waals surface area (Å²) in [7, 11) is 4.00. The molecule has 0 unspecified atom stereocenters. The zero-order valence-electron chi connectivity index (χ0n) is 28.4. The molecule has 0 N–H and O–H groups in total. The van der Waals surface area contributed by atoms with E-state index in [2.05, 4.69) is 85.5 Å². The van der Waals surface area contributed by atoms with Gasteiger partial charge in [-0.15, -0.1) is 0 Å². The van der Waals surface area contributed by atoms with Gasteiger partial charge in [-0.2, -0.15) is 0 Å². The molecule has 3 rings (SSSR count). The summed E-state index contributed by atoms with van der Waals surface area (Å²) in [6.45, 7) is 16.9. The fourth-order valence-corrected chi connectivity index (χ4v) is 6.30. The maximum Gasteiger partial charge on any atom is 0.246 e. The van der Waals surface area contributed by atoms with Crippen molar-refractivity contribution in [2.24, 2.45) is 17.0 Å². The van der Waals surface area contributed by atoms with Gasteiger partial charge in [-0.1, -0.05) is 37.6 Å². The number of unbranched alkanes of at least 4 members (excludes halogenated alkanes) is 2. The number of amides is 1. The predicted octanol–water partition coefficient (Wildman–Crippen LogP) is 5.47. The summed E-state index contributed by atoms with van der Waals surface area (Å²) in [4.78, 5) is 28.9. The number of aliphatic imine (C=N–C) groups is 2. The molecule has 1 aromatic heterocycles. The Morgan fingerprint density at radius 1 is 1.00 bits per heavy atom. The highest BCUT2D eigenvalue weighted by Gasteiger charge is 2.24. The van der Waals surface area contributed by atoms with E-state index in [0.29, 0.717) is 13.1 Å². The molecule has 2 saturated heterocycles. The van der Waals surface area contributed by atoms with Crippen molar-refractivity contribution in [2.75, 3.05) is 52.9 Å². The number of piperidine rings is 1. The van der Waals surface area contributed by atoms with E-state index < -0.39 is 0 Å². The molecule has 0 spiro atoms. The first-order chi connectivity index (χ1) is 21.4.